The van der Waals surface area contributed by atoms with Gasteiger partial charge in [0.1, 0.15) is 17.3 Å². The van der Waals surface area contributed by atoms with Crippen molar-refractivity contribution in [1.82, 2.24) is 20.2 Å². The molecular weight excluding hydrogens is 436 g/mol. The fourth-order valence-corrected chi connectivity index (χ4v) is 5.27. The second-order valence-electron chi connectivity index (χ2n) is 9.52. The number of amides is 1. The molecule has 3 fully saturated rings. The van der Waals surface area contributed by atoms with Crippen LogP contribution in [0, 0.1) is 11.6 Å². The van der Waals surface area contributed by atoms with Gasteiger partial charge in [-0.05, 0) is 49.9 Å². The Bertz CT molecular complexity index is 1210. The predicted octanol–water partition coefficient (Wildman–Crippen LogP) is 4.20. The number of nitrogens with one attached hydrogen (secondary N) is 2. The summed E-state index contributed by atoms with van der Waals surface area (Å²) in [4.78, 5) is 19.1. The van der Waals surface area contributed by atoms with Crippen LogP contribution < -0.4 is 15.5 Å². The van der Waals surface area contributed by atoms with Crippen molar-refractivity contribution in [1.29, 1.82) is 0 Å². The normalized spacial score (nSPS) is 21.0. The van der Waals surface area contributed by atoms with Gasteiger partial charge in [-0.15, -0.1) is 0 Å². The molecule has 0 radical (unpaired) electrons. The van der Waals surface area contributed by atoms with Gasteiger partial charge in [0.25, 0.3) is 5.91 Å². The molecule has 2 N–H and O–H groups in total. The fraction of sp³-hybridized carbons (Fsp3) is 0.462. The van der Waals surface area contributed by atoms with Crippen LogP contribution >= 0.6 is 0 Å². The Morgan fingerprint density at radius 3 is 2.94 bits per heavy atom. The number of aromatic nitrogens is 2. The number of hydrogen-bond donors (Lipinski definition) is 2. The molecular formula is C26H31F2N5O. The zero-order valence-corrected chi connectivity index (χ0v) is 19.7. The van der Waals surface area contributed by atoms with Crippen LogP contribution in [-0.2, 0) is 6.54 Å². The highest BCUT2D eigenvalue weighted by Crippen LogP contribution is 2.32. The van der Waals surface area contributed by atoms with Crippen LogP contribution in [0.4, 0.5) is 14.5 Å². The molecule has 2 bridgehead atoms. The minimum absolute atomic E-state index is 0.190. The quantitative estimate of drug-likeness (QED) is 0.571. The molecule has 1 amide bonds. The first-order valence-electron chi connectivity index (χ1n) is 12.2. The van der Waals surface area contributed by atoms with E-state index in [1.165, 1.54) is 12.1 Å². The largest absolute Gasteiger partial charge is 0.363 e. The van der Waals surface area contributed by atoms with Crippen LogP contribution in [0.15, 0.2) is 36.7 Å². The second kappa shape index (κ2) is 9.33. The average Bonchev–Trinajstić information content (AvgIpc) is 2.98. The van der Waals surface area contributed by atoms with Crippen LogP contribution in [0.5, 0.6) is 0 Å². The van der Waals surface area contributed by atoms with Crippen LogP contribution in [0.2, 0.25) is 0 Å². The summed E-state index contributed by atoms with van der Waals surface area (Å²) in [5.41, 5.74) is 1.89. The van der Waals surface area contributed by atoms with E-state index in [2.05, 4.69) is 15.6 Å². The van der Waals surface area contributed by atoms with Crippen molar-refractivity contribution in [3.63, 3.8) is 0 Å². The number of rotatable bonds is 6. The Morgan fingerprint density at radius 2 is 2.12 bits per heavy atom. The summed E-state index contributed by atoms with van der Waals surface area (Å²) in [5, 5.41) is 7.23. The van der Waals surface area contributed by atoms with Crippen LogP contribution in [0.25, 0.3) is 11.0 Å². The van der Waals surface area contributed by atoms with Crippen molar-refractivity contribution in [2.24, 2.45) is 0 Å². The highest BCUT2D eigenvalue weighted by atomic mass is 19.1. The summed E-state index contributed by atoms with van der Waals surface area (Å²) in [5.74, 6) is -1.50. The maximum absolute atomic E-state index is 15.1. The monoisotopic (exact) mass is 467 g/mol. The third-order valence-electron chi connectivity index (χ3n) is 7.27. The lowest BCUT2D eigenvalue weighted by Crippen LogP contribution is -2.54. The summed E-state index contributed by atoms with van der Waals surface area (Å²) >= 11 is 0. The zero-order chi connectivity index (χ0) is 23.8. The van der Waals surface area contributed by atoms with Crippen molar-refractivity contribution in [3.8, 4) is 0 Å². The minimum Gasteiger partial charge on any atom is -0.363 e. The van der Waals surface area contributed by atoms with Gasteiger partial charge in [0.15, 0.2) is 0 Å². The van der Waals surface area contributed by atoms with E-state index < -0.39 is 11.6 Å². The third-order valence-corrected chi connectivity index (χ3v) is 7.27. The lowest BCUT2D eigenvalue weighted by Gasteiger charge is -2.39. The van der Waals surface area contributed by atoms with E-state index in [0.29, 0.717) is 23.8 Å². The van der Waals surface area contributed by atoms with Crippen molar-refractivity contribution >= 4 is 22.6 Å². The number of anilines is 1. The number of carbonyl (C=O) groups excluding carboxylic acids is 1. The molecule has 6 rings (SSSR count). The molecule has 3 aromatic rings. The molecule has 180 valence electrons. The van der Waals surface area contributed by atoms with Crippen molar-refractivity contribution in [2.75, 3.05) is 24.5 Å². The Kier molecular flexibility index (Phi) is 6.25. The van der Waals surface area contributed by atoms with Gasteiger partial charge in [0.05, 0.1) is 11.3 Å². The SMILES string of the molecule is CCn1ccc2cc(C(=O)NC[C@H](C)c3cc(F)c(N4CC5CCCC4CN5)cc3F)cnc21. The average molecular weight is 468 g/mol. The molecule has 0 spiro atoms. The van der Waals surface area contributed by atoms with E-state index in [0.717, 1.165) is 43.4 Å². The molecule has 5 heterocycles. The summed E-state index contributed by atoms with van der Waals surface area (Å²) < 4.78 is 32.3. The molecule has 0 aliphatic carbocycles. The molecule has 3 aliphatic heterocycles. The number of pyridine rings is 1. The summed E-state index contributed by atoms with van der Waals surface area (Å²) in [6.07, 6.45) is 6.64. The second-order valence-corrected chi connectivity index (χ2v) is 9.52. The van der Waals surface area contributed by atoms with Gasteiger partial charge < -0.3 is 20.1 Å². The summed E-state index contributed by atoms with van der Waals surface area (Å²) in [7, 11) is 0. The minimum atomic E-state index is -0.435. The molecule has 1 aromatic carbocycles. The Balaban J connectivity index is 1.28. The van der Waals surface area contributed by atoms with Gasteiger partial charge in [0, 0.05) is 68.0 Å². The molecule has 3 atom stereocenters. The fourth-order valence-electron chi connectivity index (χ4n) is 5.27. The van der Waals surface area contributed by atoms with E-state index >= 15 is 8.78 Å². The number of halogens is 2. The predicted molar refractivity (Wildman–Crippen MR) is 129 cm³/mol. The smallest absolute Gasteiger partial charge is 0.252 e. The Labute approximate surface area is 198 Å². The summed E-state index contributed by atoms with van der Waals surface area (Å²) in [6.45, 7) is 6.33. The van der Waals surface area contributed by atoms with E-state index in [4.69, 9.17) is 0 Å². The number of fused-ring (bicyclic) bond motifs is 5. The van der Waals surface area contributed by atoms with Gasteiger partial charge in [-0.3, -0.25) is 4.79 Å². The van der Waals surface area contributed by atoms with E-state index in [9.17, 15) is 4.79 Å². The van der Waals surface area contributed by atoms with Gasteiger partial charge in [0.2, 0.25) is 0 Å². The number of piperazine rings is 1. The zero-order valence-electron chi connectivity index (χ0n) is 19.7. The number of carbonyl (C=O) groups is 1. The maximum atomic E-state index is 15.1. The van der Waals surface area contributed by atoms with E-state index in [1.54, 1.807) is 19.2 Å². The highest BCUT2D eigenvalue weighted by Gasteiger charge is 2.33. The first kappa shape index (κ1) is 22.8. The molecule has 3 aliphatic rings. The van der Waals surface area contributed by atoms with E-state index in [-0.39, 0.29) is 30.0 Å². The standard InChI is InChI=1S/C26H31F2N5O/c1-3-32-8-7-17-9-18(13-30-25(17)32)26(34)31-12-16(2)21-10-23(28)24(11-22(21)27)33-15-19-5-4-6-20(33)14-29-19/h7-11,13,16,19-20,29H,3-6,12,14-15H2,1-2H3,(H,31,34)/t16-,19?,20?/m0/s1. The molecule has 8 heteroatoms. The van der Waals surface area contributed by atoms with Gasteiger partial charge in [-0.2, -0.15) is 0 Å². The van der Waals surface area contributed by atoms with Crippen LogP contribution in [0.1, 0.15) is 54.9 Å². The summed E-state index contributed by atoms with van der Waals surface area (Å²) in [6, 6.07) is 6.87. The highest BCUT2D eigenvalue weighted by molar-refractivity contribution is 5.97. The van der Waals surface area contributed by atoms with Gasteiger partial charge >= 0.3 is 0 Å². The van der Waals surface area contributed by atoms with Crippen LogP contribution in [-0.4, -0.2) is 47.2 Å². The Hall–Kier alpha value is -3.00. The van der Waals surface area contributed by atoms with Gasteiger partial charge in [-0.1, -0.05) is 6.92 Å². The van der Waals surface area contributed by atoms with Crippen molar-refractivity contribution < 1.29 is 13.6 Å². The third kappa shape index (κ3) is 4.27. The molecule has 3 saturated heterocycles. The number of nitrogens with zero attached hydrogens (tertiary/aromatic N) is 3. The molecule has 2 aromatic heterocycles. The number of aryl methyl sites for hydroxylation is 1. The van der Waals surface area contributed by atoms with Crippen molar-refractivity contribution in [3.05, 3.63) is 59.4 Å². The topological polar surface area (TPSA) is 62.2 Å². The lowest BCUT2D eigenvalue weighted by molar-refractivity contribution is 0.0951. The molecule has 34 heavy (non-hydrogen) atoms. The maximum Gasteiger partial charge on any atom is 0.252 e. The first-order valence-corrected chi connectivity index (χ1v) is 12.2. The Morgan fingerprint density at radius 1 is 1.26 bits per heavy atom. The molecule has 0 saturated carbocycles. The molecule has 6 nitrogen and oxygen atoms in total. The van der Waals surface area contributed by atoms with E-state index in [1.807, 2.05) is 28.7 Å². The first-order chi connectivity index (χ1) is 16.4. The lowest BCUT2D eigenvalue weighted by atomic mass is 9.98. The van der Waals surface area contributed by atoms with Gasteiger partial charge in [-0.25, -0.2) is 13.8 Å². The number of benzene rings is 1. The van der Waals surface area contributed by atoms with Crippen molar-refractivity contribution in [2.45, 2.75) is 57.7 Å². The molecule has 2 unspecified atom stereocenters. The number of hydrogen-bond acceptors (Lipinski definition) is 4. The van der Waals surface area contributed by atoms with Crippen LogP contribution in [0.3, 0.4) is 0 Å².